The number of hydrogen-bond donors (Lipinski definition) is 3. The minimum atomic E-state index is -4.46. The molecule has 2 saturated heterocycles. The van der Waals surface area contributed by atoms with Crippen LogP contribution in [-0.4, -0.2) is 276 Å². The lowest BCUT2D eigenvalue weighted by molar-refractivity contribution is -0.184. The number of likely N-dealkylation sites (N-methyl/N-ethyl adjacent to an activating group) is 7. The van der Waals surface area contributed by atoms with Gasteiger partial charge in [-0.2, -0.15) is 13.2 Å². The van der Waals surface area contributed by atoms with Crippen molar-refractivity contribution >= 4 is 70.9 Å². The molecule has 3 heterocycles. The van der Waals surface area contributed by atoms with Crippen LogP contribution in [0.2, 0.25) is 0 Å². The number of alkyl halides is 5. The van der Waals surface area contributed by atoms with Gasteiger partial charge in [0.2, 0.25) is 70.9 Å². The summed E-state index contributed by atoms with van der Waals surface area (Å²) < 4.78 is 78.9. The molecule has 0 aromatic carbocycles. The highest BCUT2D eigenvalue weighted by Gasteiger charge is 2.60. The first-order valence-corrected chi connectivity index (χ1v) is 39.7. The average molecular weight is 1530 g/mol. The van der Waals surface area contributed by atoms with Gasteiger partial charge in [0.05, 0.1) is 31.5 Å². The normalized spacial score (nSPS) is 32.6. The summed E-state index contributed by atoms with van der Waals surface area (Å²) in [6.45, 7) is 9.60. The predicted molar refractivity (Wildman–Crippen MR) is 392 cm³/mol. The fraction of sp³-hybridized carbons (Fsp3) is 0.821. The van der Waals surface area contributed by atoms with Crippen molar-refractivity contribution in [2.24, 2.45) is 46.8 Å². The SMILES string of the molecule is CCC[C@H]1C(=O)N[C@@H]([C@@H](C)CC)C(=O)N(C)CC(=O)N(C)[C@H]2C/C=C\CCN(C2=O)[C@@H](CC2CCC(C(F)(F)F)CC2)C(=O)N(C)CC(=O)N[C@@H](CCC2CCC3C(CCC3(F)F)C2)C(=O)N2C[C@H](OCC)C[C@H]2C(=O)NC2(CC(C)(C)C2)C(=O)N(C)[C@@H](C2CCCC2)C(=O)N(C)[C@H](C(=O)N(C)C)CC(=O)N1C. The Kier molecular flexibility index (Phi) is 29.2. The molecule has 3 aliphatic heterocycles. The summed E-state index contributed by atoms with van der Waals surface area (Å²) in [5.41, 5.74) is -2.18. The fourth-order valence-electron chi connectivity index (χ4n) is 19.0. The highest BCUT2D eigenvalue weighted by Crippen LogP contribution is 2.54. The summed E-state index contributed by atoms with van der Waals surface area (Å²) in [5, 5.41) is 8.85. The number of fused-ring (bicyclic) bond motifs is 4. The number of halogens is 5. The summed E-state index contributed by atoms with van der Waals surface area (Å²) in [4.78, 5) is 193. The summed E-state index contributed by atoms with van der Waals surface area (Å²) in [7, 11) is 11.3. The van der Waals surface area contributed by atoms with Crippen molar-refractivity contribution in [1.29, 1.82) is 0 Å². The minimum Gasteiger partial charge on any atom is -0.377 e. The molecule has 8 aliphatic rings. The third-order valence-corrected chi connectivity index (χ3v) is 25.3. The van der Waals surface area contributed by atoms with Crippen LogP contribution in [0.5, 0.6) is 0 Å². The van der Waals surface area contributed by atoms with Gasteiger partial charge in [-0.3, -0.25) is 57.5 Å². The topological polar surface area (TPSA) is 279 Å². The van der Waals surface area contributed by atoms with E-state index in [-0.39, 0.29) is 121 Å². The molecule has 13 atom stereocenters. The van der Waals surface area contributed by atoms with Crippen molar-refractivity contribution < 1.29 is 84.2 Å². The molecule has 30 heteroatoms. The molecule has 7 fully saturated rings. The summed E-state index contributed by atoms with van der Waals surface area (Å²) >= 11 is 0. The van der Waals surface area contributed by atoms with Crippen molar-refractivity contribution in [2.75, 3.05) is 89.2 Å². The maximum Gasteiger partial charge on any atom is 0.391 e. The number of ether oxygens (including phenoxy) is 1. The van der Waals surface area contributed by atoms with Gasteiger partial charge in [0.15, 0.2) is 0 Å². The lowest BCUT2D eigenvalue weighted by atomic mass is 9.58. The quantitative estimate of drug-likeness (QED) is 0.125. The highest BCUT2D eigenvalue weighted by atomic mass is 19.4. The van der Waals surface area contributed by atoms with Crippen molar-refractivity contribution in [3.8, 4) is 0 Å². The summed E-state index contributed by atoms with van der Waals surface area (Å²) in [5.74, 6) is -15.4. The second-order valence-corrected chi connectivity index (χ2v) is 33.9. The predicted octanol–water partition coefficient (Wildman–Crippen LogP) is 6.94. The van der Waals surface area contributed by atoms with Gasteiger partial charge in [-0.25, -0.2) is 8.78 Å². The number of amides is 12. The Morgan fingerprint density at radius 2 is 1.31 bits per heavy atom. The minimum absolute atomic E-state index is 0.0197. The number of rotatable bonds is 13. The molecular formula is C78H123F5N12O13. The first kappa shape index (κ1) is 86.6. The Morgan fingerprint density at radius 3 is 1.92 bits per heavy atom. The number of carbonyl (C=O) groups is 12. The highest BCUT2D eigenvalue weighted by molar-refractivity contribution is 6.01. The molecular weight excluding hydrogens is 1410 g/mol. The van der Waals surface area contributed by atoms with Crippen molar-refractivity contribution in [1.82, 2.24) is 60.0 Å². The van der Waals surface area contributed by atoms with E-state index >= 15 is 37.5 Å². The zero-order valence-corrected chi connectivity index (χ0v) is 66.3. The van der Waals surface area contributed by atoms with Gasteiger partial charge in [-0.15, -0.1) is 0 Å². The molecule has 5 aliphatic carbocycles. The molecule has 5 saturated carbocycles. The van der Waals surface area contributed by atoms with Crippen LogP contribution in [0.4, 0.5) is 22.0 Å². The van der Waals surface area contributed by atoms with Gasteiger partial charge in [0.25, 0.3) is 5.92 Å². The van der Waals surface area contributed by atoms with Crippen LogP contribution < -0.4 is 16.0 Å². The van der Waals surface area contributed by atoms with Gasteiger partial charge < -0.3 is 64.8 Å². The molecule has 2 bridgehead atoms. The lowest BCUT2D eigenvalue weighted by Gasteiger charge is -2.54. The van der Waals surface area contributed by atoms with Crippen LogP contribution in [0.15, 0.2) is 12.2 Å². The molecule has 3 N–H and O–H groups in total. The van der Waals surface area contributed by atoms with Gasteiger partial charge in [0, 0.05) is 94.8 Å². The smallest absolute Gasteiger partial charge is 0.377 e. The average Bonchev–Trinajstić information content (AvgIpc) is 0.738. The number of nitrogens with one attached hydrogen (secondary N) is 3. The van der Waals surface area contributed by atoms with Gasteiger partial charge in [0.1, 0.15) is 53.9 Å². The van der Waals surface area contributed by atoms with Crippen LogP contribution in [0.3, 0.4) is 0 Å². The zero-order chi connectivity index (χ0) is 79.8. The van der Waals surface area contributed by atoms with Gasteiger partial charge in [-0.1, -0.05) is 72.5 Å². The van der Waals surface area contributed by atoms with Crippen LogP contribution in [0, 0.1) is 46.8 Å². The molecule has 608 valence electrons. The van der Waals surface area contributed by atoms with E-state index in [4.69, 9.17) is 4.74 Å². The Labute approximate surface area is 634 Å². The van der Waals surface area contributed by atoms with E-state index in [1.54, 1.807) is 39.8 Å². The Morgan fingerprint density at radius 1 is 0.657 bits per heavy atom. The first-order valence-electron chi connectivity index (χ1n) is 39.7. The number of hydrogen-bond acceptors (Lipinski definition) is 13. The Bertz CT molecular complexity index is 3280. The molecule has 0 aromatic rings. The van der Waals surface area contributed by atoms with Crippen molar-refractivity contribution in [3.63, 3.8) is 0 Å². The second kappa shape index (κ2) is 36.4. The molecule has 8 rings (SSSR count). The molecule has 0 aromatic heterocycles. The standard InChI is InChI=1S/C78H123F5N12O13/c1-15-23-56-66(99)85-64(47(4)16-2)72(105)89(10)44-63(98)91(12)57-26-19-18-22-37-94(71(57)104)60(39-49-27-31-52(32-28-49)78(81,82)83)70(103)88(9)43-61(96)84-55(34-30-48-29-33-54-51(38-48)35-36-77(54,79)80)68(101)95-42-53(108-17-3)40-58(95)67(100)86-76(45-75(5,6)46-76)74(107)93(14)65(50-24-20-21-25-50)73(106)92(13)59(69(102)87(7)8)41-62(97)90(56)11/h18-19,47-60,64-65H,15-17,20-46H2,1-14H3,(H,84,96)(H,85,99)(H,86,100)/b19-18-/t47-,48?,49?,51?,52?,53+,54?,55-,56-,57-,58-,59-,60-,64-,65-/m0/s1. The van der Waals surface area contributed by atoms with Gasteiger partial charge >= 0.3 is 6.18 Å². The van der Waals surface area contributed by atoms with Crippen molar-refractivity contribution in [2.45, 2.75) is 274 Å². The van der Waals surface area contributed by atoms with E-state index in [0.717, 1.165) is 27.5 Å². The van der Waals surface area contributed by atoms with E-state index in [0.29, 0.717) is 51.4 Å². The van der Waals surface area contributed by atoms with E-state index < -0.39 is 197 Å². The second-order valence-electron chi connectivity index (χ2n) is 33.9. The monoisotopic (exact) mass is 1530 g/mol. The Balaban J connectivity index is 1.20. The first-order chi connectivity index (χ1) is 50.7. The molecule has 12 amide bonds. The number of nitrogens with zero attached hydrogens (tertiary/aromatic N) is 9. The van der Waals surface area contributed by atoms with Crippen LogP contribution in [0.1, 0.15) is 202 Å². The third-order valence-electron chi connectivity index (χ3n) is 25.3. The maximum atomic E-state index is 15.8. The van der Waals surface area contributed by atoms with Crippen LogP contribution in [0.25, 0.3) is 0 Å². The van der Waals surface area contributed by atoms with Gasteiger partial charge in [-0.05, 0) is 158 Å². The zero-order valence-electron chi connectivity index (χ0n) is 66.3. The fourth-order valence-corrected chi connectivity index (χ4v) is 19.0. The number of carbonyl (C=O) groups excluding carboxylic acids is 12. The molecule has 1 spiro atoms. The van der Waals surface area contributed by atoms with E-state index in [2.05, 4.69) is 16.0 Å². The molecule has 0 radical (unpaired) electrons. The van der Waals surface area contributed by atoms with E-state index in [9.17, 15) is 41.9 Å². The largest absolute Gasteiger partial charge is 0.391 e. The summed E-state index contributed by atoms with van der Waals surface area (Å²) in [6, 6.07) is -10.5. The third kappa shape index (κ3) is 20.2. The summed E-state index contributed by atoms with van der Waals surface area (Å²) in [6.07, 6.45) is 2.51. The Hall–Kier alpha value is -7.01. The van der Waals surface area contributed by atoms with Crippen LogP contribution >= 0.6 is 0 Å². The molecule has 108 heavy (non-hydrogen) atoms. The molecule has 3 unspecified atom stereocenters. The molecule has 25 nitrogen and oxygen atoms in total. The van der Waals surface area contributed by atoms with Crippen molar-refractivity contribution in [3.05, 3.63) is 12.2 Å². The van der Waals surface area contributed by atoms with E-state index in [1.807, 2.05) is 13.8 Å². The lowest BCUT2D eigenvalue weighted by Crippen LogP contribution is -2.71. The van der Waals surface area contributed by atoms with E-state index in [1.165, 1.54) is 85.8 Å². The maximum absolute atomic E-state index is 15.8. The van der Waals surface area contributed by atoms with Crippen LogP contribution in [-0.2, 0) is 62.3 Å².